The predicted octanol–water partition coefficient (Wildman–Crippen LogP) is 14.7. The van der Waals surface area contributed by atoms with Crippen LogP contribution in [0.1, 0.15) is 0 Å². The van der Waals surface area contributed by atoms with Crippen molar-refractivity contribution in [2.24, 2.45) is 0 Å². The number of nitrogens with zero attached hydrogens (tertiary/aromatic N) is 1. The Morgan fingerprint density at radius 3 is 1.75 bits per heavy atom. The van der Waals surface area contributed by atoms with E-state index in [0.717, 1.165) is 72.1 Å². The quantitative estimate of drug-likeness (QED) is 0.181. The van der Waals surface area contributed by atoms with Crippen molar-refractivity contribution in [3.63, 3.8) is 0 Å². The highest BCUT2D eigenvalue weighted by Crippen LogP contribution is 2.48. The third-order valence-corrected chi connectivity index (χ3v) is 11.5. The summed E-state index contributed by atoms with van der Waals surface area (Å²) in [4.78, 5) is 2.37. The molecule has 0 saturated heterocycles. The van der Waals surface area contributed by atoms with Gasteiger partial charge in [0, 0.05) is 47.7 Å². The number of rotatable bonds is 5. The molecule has 8 aromatic carbocycles. The molecule has 0 saturated carbocycles. The zero-order valence-electron chi connectivity index (χ0n) is 27.9. The summed E-state index contributed by atoms with van der Waals surface area (Å²) in [7, 11) is 0. The molecule has 11 rings (SSSR count). The molecule has 52 heavy (non-hydrogen) atoms. The molecule has 0 aliphatic rings. The fraction of sp³-hybridized carbons (Fsp3) is 0. The van der Waals surface area contributed by atoms with Crippen molar-refractivity contribution in [3.8, 4) is 22.3 Å². The minimum atomic E-state index is 0.874. The van der Waals surface area contributed by atoms with E-state index in [1.54, 1.807) is 0 Å². The van der Waals surface area contributed by atoms with Gasteiger partial charge in [0.15, 0.2) is 0 Å². The van der Waals surface area contributed by atoms with Crippen molar-refractivity contribution >= 4 is 92.4 Å². The van der Waals surface area contributed by atoms with Crippen molar-refractivity contribution in [2.45, 2.75) is 0 Å². The van der Waals surface area contributed by atoms with Gasteiger partial charge in [-0.05, 0) is 95.1 Å². The molecule has 3 heterocycles. The van der Waals surface area contributed by atoms with Crippen molar-refractivity contribution in [1.82, 2.24) is 0 Å². The maximum Gasteiger partial charge on any atom is 0.137 e. The van der Waals surface area contributed by atoms with Gasteiger partial charge in [0.2, 0.25) is 0 Å². The van der Waals surface area contributed by atoms with Crippen LogP contribution in [-0.4, -0.2) is 0 Å². The van der Waals surface area contributed by atoms with Gasteiger partial charge in [0.05, 0.1) is 11.1 Å². The molecule has 0 amide bonds. The lowest BCUT2D eigenvalue weighted by Gasteiger charge is -2.26. The molecule has 0 aliphatic heterocycles. The number of anilines is 3. The van der Waals surface area contributed by atoms with Gasteiger partial charge in [0.25, 0.3) is 0 Å². The Hall–Kier alpha value is -6.62. The van der Waals surface area contributed by atoms with Crippen molar-refractivity contribution in [3.05, 3.63) is 176 Å². The van der Waals surface area contributed by atoms with Crippen LogP contribution >= 0.6 is 11.3 Å². The van der Waals surface area contributed by atoms with E-state index in [-0.39, 0.29) is 0 Å². The first-order chi connectivity index (χ1) is 25.8. The number of hydrogen-bond donors (Lipinski definition) is 0. The zero-order chi connectivity index (χ0) is 34.2. The molecule has 0 bridgehead atoms. The van der Waals surface area contributed by atoms with Crippen LogP contribution in [-0.2, 0) is 0 Å². The van der Waals surface area contributed by atoms with Crippen LogP contribution in [0.2, 0.25) is 0 Å². The van der Waals surface area contributed by atoms with E-state index < -0.39 is 0 Å². The molecule has 0 spiro atoms. The average Bonchev–Trinajstić information content (AvgIpc) is 3.90. The van der Waals surface area contributed by atoms with E-state index in [1.807, 2.05) is 23.5 Å². The predicted molar refractivity (Wildman–Crippen MR) is 219 cm³/mol. The van der Waals surface area contributed by atoms with Gasteiger partial charge in [-0.2, -0.15) is 0 Å². The molecule has 4 heteroatoms. The lowest BCUT2D eigenvalue weighted by molar-refractivity contribution is 0.669. The van der Waals surface area contributed by atoms with E-state index >= 15 is 0 Å². The summed E-state index contributed by atoms with van der Waals surface area (Å²) in [6.45, 7) is 0. The van der Waals surface area contributed by atoms with Gasteiger partial charge in [0.1, 0.15) is 22.3 Å². The highest BCUT2D eigenvalue weighted by atomic mass is 32.1. The van der Waals surface area contributed by atoms with Crippen LogP contribution in [0.15, 0.2) is 185 Å². The van der Waals surface area contributed by atoms with Gasteiger partial charge in [-0.1, -0.05) is 103 Å². The van der Waals surface area contributed by atoms with Crippen molar-refractivity contribution in [1.29, 1.82) is 0 Å². The Morgan fingerprint density at radius 2 is 0.942 bits per heavy atom. The van der Waals surface area contributed by atoms with E-state index in [9.17, 15) is 0 Å². The van der Waals surface area contributed by atoms with Gasteiger partial charge >= 0.3 is 0 Å². The van der Waals surface area contributed by atoms with Crippen LogP contribution < -0.4 is 4.90 Å². The first kappa shape index (κ1) is 29.1. The minimum Gasteiger partial charge on any atom is -0.456 e. The Kier molecular flexibility index (Phi) is 6.42. The SMILES string of the molecule is c1ccc(-c2ccc(N(c3ccc(-c4ccc5c(c4)oc4ccccc45)cc3)c3cccc4oc5ccc6c7ccccc7sc6c5c34)cc2)cc1. The van der Waals surface area contributed by atoms with E-state index in [2.05, 4.69) is 169 Å². The van der Waals surface area contributed by atoms with Gasteiger partial charge < -0.3 is 13.7 Å². The standard InChI is InChI=1S/C48H29NO2S/c1-2-9-30(10-3-1)31-17-22-34(23-18-31)49(35-24-19-32(20-25-35)33-21-26-37-36-11-4-6-14-41(36)50-44(37)29-33)40-13-8-15-42-46(40)47-43(51-42)28-27-39-38-12-5-7-16-45(38)52-48(39)47/h1-29H. The summed E-state index contributed by atoms with van der Waals surface area (Å²) in [5.41, 5.74) is 11.4. The monoisotopic (exact) mass is 683 g/mol. The highest BCUT2D eigenvalue weighted by molar-refractivity contribution is 7.26. The molecule has 11 aromatic rings. The number of hydrogen-bond acceptors (Lipinski definition) is 4. The molecule has 3 aromatic heterocycles. The molecule has 0 aliphatic carbocycles. The Morgan fingerprint density at radius 1 is 0.365 bits per heavy atom. The number of benzene rings is 8. The third kappa shape index (κ3) is 4.51. The second-order valence-electron chi connectivity index (χ2n) is 13.3. The normalized spacial score (nSPS) is 11.8. The van der Waals surface area contributed by atoms with Gasteiger partial charge in [-0.15, -0.1) is 11.3 Å². The maximum atomic E-state index is 6.60. The summed E-state index contributed by atoms with van der Waals surface area (Å²) < 4.78 is 15.4. The molecule has 0 N–H and O–H groups in total. The van der Waals surface area contributed by atoms with Gasteiger partial charge in [-0.3, -0.25) is 0 Å². The Bertz CT molecular complexity index is 3110. The number of furan rings is 2. The molecule has 244 valence electrons. The Balaban J connectivity index is 1.10. The number of fused-ring (bicyclic) bond motifs is 10. The lowest BCUT2D eigenvalue weighted by Crippen LogP contribution is -2.10. The lowest BCUT2D eigenvalue weighted by atomic mass is 10.0. The summed E-state index contributed by atoms with van der Waals surface area (Å²) in [6.07, 6.45) is 0. The third-order valence-electron chi connectivity index (χ3n) is 10.3. The first-order valence-electron chi connectivity index (χ1n) is 17.5. The molecule has 0 radical (unpaired) electrons. The fourth-order valence-electron chi connectivity index (χ4n) is 7.82. The maximum absolute atomic E-state index is 6.60. The van der Waals surface area contributed by atoms with Crippen LogP contribution in [0.4, 0.5) is 17.1 Å². The number of thiophene rings is 1. The summed E-state index contributed by atoms with van der Waals surface area (Å²) in [6, 6.07) is 62.4. The second kappa shape index (κ2) is 11.5. The average molecular weight is 684 g/mol. The van der Waals surface area contributed by atoms with Crippen molar-refractivity contribution in [2.75, 3.05) is 4.90 Å². The van der Waals surface area contributed by atoms with E-state index in [4.69, 9.17) is 8.83 Å². The topological polar surface area (TPSA) is 29.5 Å². The second-order valence-corrected chi connectivity index (χ2v) is 14.3. The Labute approximate surface area is 303 Å². The molecule has 0 unspecified atom stereocenters. The van der Waals surface area contributed by atoms with Crippen LogP contribution in [0.3, 0.4) is 0 Å². The molecular weight excluding hydrogens is 655 g/mol. The van der Waals surface area contributed by atoms with Crippen LogP contribution in [0, 0.1) is 0 Å². The summed E-state index contributed by atoms with van der Waals surface area (Å²) in [5, 5.41) is 7.08. The molecule has 3 nitrogen and oxygen atoms in total. The first-order valence-corrected chi connectivity index (χ1v) is 18.3. The molecule has 0 atom stereocenters. The van der Waals surface area contributed by atoms with Crippen LogP contribution in [0.25, 0.3) is 86.3 Å². The largest absolute Gasteiger partial charge is 0.456 e. The van der Waals surface area contributed by atoms with Crippen LogP contribution in [0.5, 0.6) is 0 Å². The van der Waals surface area contributed by atoms with E-state index in [1.165, 1.54) is 31.3 Å². The fourth-order valence-corrected chi connectivity index (χ4v) is 9.07. The molecule has 0 fully saturated rings. The summed E-state index contributed by atoms with van der Waals surface area (Å²) >= 11 is 1.84. The zero-order valence-corrected chi connectivity index (χ0v) is 28.7. The van der Waals surface area contributed by atoms with Gasteiger partial charge in [-0.25, -0.2) is 0 Å². The summed E-state index contributed by atoms with van der Waals surface area (Å²) in [5.74, 6) is 0. The highest BCUT2D eigenvalue weighted by Gasteiger charge is 2.22. The van der Waals surface area contributed by atoms with Crippen molar-refractivity contribution < 1.29 is 8.83 Å². The smallest absolute Gasteiger partial charge is 0.137 e. The molecular formula is C48H29NO2S. The number of para-hydroxylation sites is 1. The minimum absolute atomic E-state index is 0.874. The van der Waals surface area contributed by atoms with E-state index in [0.29, 0.717) is 0 Å².